The van der Waals surface area contributed by atoms with Crippen LogP contribution in [-0.4, -0.2) is 11.0 Å². The van der Waals surface area contributed by atoms with E-state index in [0.29, 0.717) is 15.3 Å². The van der Waals surface area contributed by atoms with E-state index < -0.39 is 0 Å². The van der Waals surface area contributed by atoms with E-state index in [9.17, 15) is 0 Å². The average Bonchev–Trinajstić information content (AvgIpc) is 2.04. The Labute approximate surface area is 92.6 Å². The van der Waals surface area contributed by atoms with Crippen molar-refractivity contribution in [1.29, 1.82) is 0 Å². The molecule has 1 saturated heterocycles. The molecule has 13 heavy (non-hydrogen) atoms. The van der Waals surface area contributed by atoms with Crippen LogP contribution in [0.5, 0.6) is 0 Å². The van der Waals surface area contributed by atoms with Gasteiger partial charge in [-0.3, -0.25) is 0 Å². The summed E-state index contributed by atoms with van der Waals surface area (Å²) in [6.45, 7) is 0. The summed E-state index contributed by atoms with van der Waals surface area (Å²) in [5.74, 6) is 1.28. The van der Waals surface area contributed by atoms with E-state index in [-0.39, 0.29) is 0 Å². The van der Waals surface area contributed by atoms with Crippen LogP contribution < -0.4 is 0 Å². The Morgan fingerprint density at radius 2 is 2.08 bits per heavy atom. The molecule has 69 valence electrons. The second-order valence-corrected chi connectivity index (χ2v) is 5.20. The molecule has 1 radical (unpaired) electrons. The normalized spacial score (nSPS) is 21.2. The highest BCUT2D eigenvalue weighted by atomic mass is 35.5. The first kappa shape index (κ1) is 9.70. The Morgan fingerprint density at radius 3 is 2.62 bits per heavy atom. The maximum Gasteiger partial charge on any atom is 0.0595 e. The van der Waals surface area contributed by atoms with E-state index in [1.807, 2.05) is 30.0 Å². The molecule has 0 N–H and O–H groups in total. The van der Waals surface area contributed by atoms with Crippen molar-refractivity contribution in [3.05, 3.63) is 40.2 Å². The zero-order chi connectivity index (χ0) is 9.26. The van der Waals surface area contributed by atoms with Gasteiger partial charge in [-0.25, -0.2) is 0 Å². The molecule has 1 fully saturated rings. The van der Waals surface area contributed by atoms with Crippen molar-refractivity contribution in [1.82, 2.24) is 0 Å². The number of thioether (sulfide) groups is 1. The minimum atomic E-state index is 0.625. The van der Waals surface area contributed by atoms with Gasteiger partial charge in [0.1, 0.15) is 0 Å². The van der Waals surface area contributed by atoms with Crippen molar-refractivity contribution >= 4 is 35.0 Å². The van der Waals surface area contributed by atoms with Crippen LogP contribution in [0.15, 0.2) is 18.2 Å². The van der Waals surface area contributed by atoms with Crippen molar-refractivity contribution in [3.8, 4) is 0 Å². The first-order chi connectivity index (χ1) is 6.25. The zero-order valence-electron chi connectivity index (χ0n) is 6.97. The summed E-state index contributed by atoms with van der Waals surface area (Å²) in [5, 5.41) is 1.94. The Hall–Kier alpha value is 0.150. The summed E-state index contributed by atoms with van der Waals surface area (Å²) in [7, 11) is 0. The molecule has 0 bridgehead atoms. The van der Waals surface area contributed by atoms with Crippen molar-refractivity contribution < 1.29 is 0 Å². The van der Waals surface area contributed by atoms with Crippen molar-refractivity contribution in [2.75, 3.05) is 5.75 Å². The fourth-order valence-electron chi connectivity index (χ4n) is 1.22. The second-order valence-electron chi connectivity index (χ2n) is 3.04. The molecule has 1 atom stereocenters. The Balaban J connectivity index is 2.07. The molecule has 0 amide bonds. The number of benzene rings is 1. The summed E-state index contributed by atoms with van der Waals surface area (Å²) in [6, 6.07) is 5.77. The van der Waals surface area contributed by atoms with Gasteiger partial charge in [0.15, 0.2) is 0 Å². The molecule has 1 unspecified atom stereocenters. The standard InChI is InChI=1S/C10H9Cl2S/c11-9-2-1-7(6-10(9)12)5-8-3-4-13-8/h1-2,5-6,8H,3-4H2. The minimum absolute atomic E-state index is 0.625. The molecular formula is C10H9Cl2S. The van der Waals surface area contributed by atoms with Crippen LogP contribution in [-0.2, 0) is 0 Å². The quantitative estimate of drug-likeness (QED) is 0.741. The lowest BCUT2D eigenvalue weighted by Gasteiger charge is -2.24. The van der Waals surface area contributed by atoms with Gasteiger partial charge in [-0.15, -0.1) is 0 Å². The smallest absolute Gasteiger partial charge is 0.0595 e. The van der Waals surface area contributed by atoms with Gasteiger partial charge in [0.2, 0.25) is 0 Å². The number of hydrogen-bond acceptors (Lipinski definition) is 1. The summed E-state index contributed by atoms with van der Waals surface area (Å²) in [5.41, 5.74) is 1.17. The van der Waals surface area contributed by atoms with Crippen LogP contribution in [0.3, 0.4) is 0 Å². The molecule has 1 aliphatic rings. The highest BCUT2D eigenvalue weighted by Crippen LogP contribution is 2.33. The van der Waals surface area contributed by atoms with Crippen LogP contribution in [0.1, 0.15) is 12.0 Å². The highest BCUT2D eigenvalue weighted by Gasteiger charge is 2.18. The predicted octanol–water partition coefficient (Wildman–Crippen LogP) is 4.05. The van der Waals surface area contributed by atoms with E-state index in [1.54, 1.807) is 0 Å². The van der Waals surface area contributed by atoms with Crippen molar-refractivity contribution in [2.24, 2.45) is 0 Å². The fraction of sp³-hybridized carbons (Fsp3) is 0.300. The van der Waals surface area contributed by atoms with Crippen LogP contribution in [0.2, 0.25) is 10.0 Å². The largest absolute Gasteiger partial charge is 0.158 e. The topological polar surface area (TPSA) is 0 Å². The van der Waals surface area contributed by atoms with Gasteiger partial charge in [0.05, 0.1) is 10.0 Å². The molecule has 0 aliphatic carbocycles. The molecular weight excluding hydrogens is 223 g/mol. The third kappa shape index (κ3) is 2.34. The average molecular weight is 232 g/mol. The third-order valence-corrected chi connectivity index (χ3v) is 4.07. The fourth-order valence-corrected chi connectivity index (χ4v) is 2.28. The van der Waals surface area contributed by atoms with Crippen LogP contribution in [0.4, 0.5) is 0 Å². The molecule has 1 heterocycles. The molecule has 3 heteroatoms. The Morgan fingerprint density at radius 1 is 1.31 bits per heavy atom. The first-order valence-corrected chi connectivity index (χ1v) is 5.98. The minimum Gasteiger partial charge on any atom is -0.158 e. The number of rotatable bonds is 2. The lowest BCUT2D eigenvalue weighted by atomic mass is 10.1. The highest BCUT2D eigenvalue weighted by molar-refractivity contribution is 8.01. The van der Waals surface area contributed by atoms with Gasteiger partial charge in [0.25, 0.3) is 0 Å². The maximum atomic E-state index is 5.90. The monoisotopic (exact) mass is 231 g/mol. The molecule has 0 spiro atoms. The Kier molecular flexibility index (Phi) is 3.07. The van der Waals surface area contributed by atoms with E-state index in [1.165, 1.54) is 17.7 Å². The first-order valence-electron chi connectivity index (χ1n) is 4.17. The van der Waals surface area contributed by atoms with Gasteiger partial charge in [-0.2, -0.15) is 11.8 Å². The molecule has 0 nitrogen and oxygen atoms in total. The summed E-state index contributed by atoms with van der Waals surface area (Å²) < 4.78 is 0. The molecule has 1 aliphatic heterocycles. The molecule has 1 aromatic carbocycles. The summed E-state index contributed by atoms with van der Waals surface area (Å²) in [4.78, 5) is 0. The van der Waals surface area contributed by atoms with E-state index in [0.717, 1.165) is 0 Å². The molecule has 1 aromatic rings. The molecule has 0 saturated carbocycles. The van der Waals surface area contributed by atoms with Crippen molar-refractivity contribution in [2.45, 2.75) is 11.7 Å². The van der Waals surface area contributed by atoms with Gasteiger partial charge in [-0.1, -0.05) is 29.3 Å². The van der Waals surface area contributed by atoms with E-state index in [2.05, 4.69) is 6.42 Å². The Bertz CT molecular complexity index is 308. The van der Waals surface area contributed by atoms with Gasteiger partial charge < -0.3 is 0 Å². The van der Waals surface area contributed by atoms with E-state index >= 15 is 0 Å². The van der Waals surface area contributed by atoms with Crippen LogP contribution in [0, 0.1) is 6.42 Å². The molecule has 2 rings (SSSR count). The number of halogens is 2. The lowest BCUT2D eigenvalue weighted by molar-refractivity contribution is 0.888. The summed E-state index contributed by atoms with van der Waals surface area (Å²) in [6.07, 6.45) is 3.53. The number of hydrogen-bond donors (Lipinski definition) is 0. The summed E-state index contributed by atoms with van der Waals surface area (Å²) >= 11 is 13.7. The van der Waals surface area contributed by atoms with Gasteiger partial charge in [0, 0.05) is 11.7 Å². The lowest BCUT2D eigenvalue weighted by Crippen LogP contribution is -2.16. The van der Waals surface area contributed by atoms with Crippen LogP contribution >= 0.6 is 35.0 Å². The van der Waals surface area contributed by atoms with Gasteiger partial charge >= 0.3 is 0 Å². The second kappa shape index (κ2) is 4.12. The maximum absolute atomic E-state index is 5.90. The SMILES string of the molecule is Clc1ccc([CH]C2CCS2)cc1Cl. The van der Waals surface area contributed by atoms with Crippen LogP contribution in [0.25, 0.3) is 0 Å². The van der Waals surface area contributed by atoms with Gasteiger partial charge in [-0.05, 0) is 29.9 Å². The van der Waals surface area contributed by atoms with E-state index in [4.69, 9.17) is 23.2 Å². The predicted molar refractivity (Wildman–Crippen MR) is 60.7 cm³/mol. The third-order valence-electron chi connectivity index (χ3n) is 2.06. The zero-order valence-corrected chi connectivity index (χ0v) is 9.29. The molecule has 0 aromatic heterocycles. The van der Waals surface area contributed by atoms with Crippen molar-refractivity contribution in [3.63, 3.8) is 0 Å².